The van der Waals surface area contributed by atoms with Crippen molar-refractivity contribution in [1.82, 2.24) is 9.80 Å². The molecule has 23 heavy (non-hydrogen) atoms. The van der Waals surface area contributed by atoms with Gasteiger partial charge in [0.2, 0.25) is 11.8 Å². The molecule has 1 aromatic carbocycles. The summed E-state index contributed by atoms with van der Waals surface area (Å²) in [6.45, 7) is 2.60. The van der Waals surface area contributed by atoms with Crippen molar-refractivity contribution in [2.24, 2.45) is 5.92 Å². The highest BCUT2D eigenvalue weighted by Crippen LogP contribution is 2.27. The van der Waals surface area contributed by atoms with Crippen molar-refractivity contribution in [3.63, 3.8) is 0 Å². The molecule has 2 aliphatic rings. The van der Waals surface area contributed by atoms with Crippen molar-refractivity contribution in [3.05, 3.63) is 34.9 Å². The van der Waals surface area contributed by atoms with Crippen LogP contribution < -0.4 is 0 Å². The van der Waals surface area contributed by atoms with E-state index >= 15 is 0 Å². The number of rotatable bonds is 3. The van der Waals surface area contributed by atoms with Crippen LogP contribution in [-0.2, 0) is 16.0 Å². The van der Waals surface area contributed by atoms with Crippen molar-refractivity contribution < 1.29 is 9.59 Å². The standard InChI is InChI=1S/C18H23ClN2O2/c19-16-7-3-4-14(12-16)13-17(22)20-8-10-21(11-9-20)18(23)15-5-1-2-6-15/h3-4,7,12,15H,1-2,5-6,8-11,13H2. The summed E-state index contributed by atoms with van der Waals surface area (Å²) in [5.74, 6) is 0.633. The zero-order valence-corrected chi connectivity index (χ0v) is 14.1. The molecule has 0 radical (unpaired) electrons. The number of amides is 2. The van der Waals surface area contributed by atoms with Crippen LogP contribution in [0, 0.1) is 5.92 Å². The third-order valence-electron chi connectivity index (χ3n) is 4.89. The van der Waals surface area contributed by atoms with Crippen molar-refractivity contribution in [2.75, 3.05) is 26.2 Å². The minimum absolute atomic E-state index is 0.111. The fraction of sp³-hybridized carbons (Fsp3) is 0.556. The summed E-state index contributed by atoms with van der Waals surface area (Å²) in [7, 11) is 0. The first kappa shape index (κ1) is 16.3. The van der Waals surface area contributed by atoms with Crippen molar-refractivity contribution in [1.29, 1.82) is 0 Å². The van der Waals surface area contributed by atoms with Crippen molar-refractivity contribution in [2.45, 2.75) is 32.1 Å². The molecule has 1 aromatic rings. The Kier molecular flexibility index (Phi) is 5.21. The van der Waals surface area contributed by atoms with Gasteiger partial charge in [0, 0.05) is 37.1 Å². The molecule has 0 N–H and O–H groups in total. The van der Waals surface area contributed by atoms with E-state index in [0.29, 0.717) is 43.5 Å². The van der Waals surface area contributed by atoms with Gasteiger partial charge in [0.1, 0.15) is 0 Å². The van der Waals surface area contributed by atoms with E-state index in [1.807, 2.05) is 34.1 Å². The molecule has 0 bridgehead atoms. The number of piperazine rings is 1. The Balaban J connectivity index is 1.50. The Morgan fingerprint density at radius 1 is 1.04 bits per heavy atom. The van der Waals surface area contributed by atoms with E-state index in [1.54, 1.807) is 0 Å². The molecule has 1 saturated carbocycles. The second kappa shape index (κ2) is 7.35. The molecular weight excluding hydrogens is 312 g/mol. The number of hydrogen-bond donors (Lipinski definition) is 0. The SMILES string of the molecule is O=C(Cc1cccc(Cl)c1)N1CCN(C(=O)C2CCCC2)CC1. The summed E-state index contributed by atoms with van der Waals surface area (Å²) in [6, 6.07) is 7.43. The molecule has 4 nitrogen and oxygen atoms in total. The van der Waals surface area contributed by atoms with E-state index in [1.165, 1.54) is 12.8 Å². The van der Waals surface area contributed by atoms with Crippen LogP contribution in [0.4, 0.5) is 0 Å². The highest BCUT2D eigenvalue weighted by Gasteiger charge is 2.30. The lowest BCUT2D eigenvalue weighted by Crippen LogP contribution is -2.52. The number of carbonyl (C=O) groups is 2. The van der Waals surface area contributed by atoms with Crippen LogP contribution in [0.2, 0.25) is 5.02 Å². The first-order valence-corrected chi connectivity index (χ1v) is 8.82. The first-order valence-electron chi connectivity index (χ1n) is 8.44. The third-order valence-corrected chi connectivity index (χ3v) is 5.13. The summed E-state index contributed by atoms with van der Waals surface area (Å²) < 4.78 is 0. The van der Waals surface area contributed by atoms with E-state index in [-0.39, 0.29) is 11.8 Å². The van der Waals surface area contributed by atoms with Gasteiger partial charge in [0.25, 0.3) is 0 Å². The molecule has 2 amide bonds. The van der Waals surface area contributed by atoms with E-state index in [4.69, 9.17) is 11.6 Å². The predicted octanol–water partition coefficient (Wildman–Crippen LogP) is 2.74. The molecule has 0 aromatic heterocycles. The summed E-state index contributed by atoms with van der Waals surface area (Å²) in [5.41, 5.74) is 0.937. The maximum absolute atomic E-state index is 12.4. The Labute approximate surface area is 142 Å². The Bertz CT molecular complexity index is 576. The Hall–Kier alpha value is -1.55. The Morgan fingerprint density at radius 2 is 1.70 bits per heavy atom. The second-order valence-electron chi connectivity index (χ2n) is 6.49. The van der Waals surface area contributed by atoms with Gasteiger partial charge < -0.3 is 9.80 Å². The minimum Gasteiger partial charge on any atom is -0.339 e. The van der Waals surface area contributed by atoms with Gasteiger partial charge in [0.05, 0.1) is 6.42 Å². The topological polar surface area (TPSA) is 40.6 Å². The van der Waals surface area contributed by atoms with Gasteiger partial charge in [-0.05, 0) is 30.5 Å². The number of carbonyl (C=O) groups excluding carboxylic acids is 2. The van der Waals surface area contributed by atoms with Gasteiger partial charge >= 0.3 is 0 Å². The zero-order valence-electron chi connectivity index (χ0n) is 13.3. The van der Waals surface area contributed by atoms with Crippen LogP contribution in [0.15, 0.2) is 24.3 Å². The molecule has 1 heterocycles. The molecule has 5 heteroatoms. The van der Waals surface area contributed by atoms with Gasteiger partial charge in [-0.15, -0.1) is 0 Å². The summed E-state index contributed by atoms with van der Waals surface area (Å²) in [6.07, 6.45) is 4.79. The summed E-state index contributed by atoms with van der Waals surface area (Å²) in [5, 5.41) is 0.655. The van der Waals surface area contributed by atoms with Gasteiger partial charge in [-0.3, -0.25) is 9.59 Å². The van der Waals surface area contributed by atoms with Crippen LogP contribution in [0.3, 0.4) is 0 Å². The van der Waals surface area contributed by atoms with Gasteiger partial charge in [-0.2, -0.15) is 0 Å². The molecule has 0 atom stereocenters. The molecule has 2 fully saturated rings. The van der Waals surface area contributed by atoms with E-state index in [2.05, 4.69) is 0 Å². The number of nitrogens with zero attached hydrogens (tertiary/aromatic N) is 2. The number of halogens is 1. The summed E-state index contributed by atoms with van der Waals surface area (Å²) in [4.78, 5) is 28.6. The molecule has 0 spiro atoms. The highest BCUT2D eigenvalue weighted by atomic mass is 35.5. The molecule has 3 rings (SSSR count). The highest BCUT2D eigenvalue weighted by molar-refractivity contribution is 6.30. The van der Waals surface area contributed by atoms with Crippen LogP contribution >= 0.6 is 11.6 Å². The summed E-state index contributed by atoms with van der Waals surface area (Å²) >= 11 is 5.96. The molecule has 1 aliphatic heterocycles. The predicted molar refractivity (Wildman–Crippen MR) is 90.3 cm³/mol. The van der Waals surface area contributed by atoms with Crippen LogP contribution in [0.25, 0.3) is 0 Å². The third kappa shape index (κ3) is 4.05. The molecule has 1 saturated heterocycles. The minimum atomic E-state index is 0.111. The lowest BCUT2D eigenvalue weighted by molar-refractivity contribution is -0.141. The van der Waals surface area contributed by atoms with Crippen molar-refractivity contribution >= 4 is 23.4 Å². The number of benzene rings is 1. The zero-order chi connectivity index (χ0) is 16.2. The van der Waals surface area contributed by atoms with Crippen LogP contribution in [0.1, 0.15) is 31.2 Å². The molecule has 0 unspecified atom stereocenters. The molecule has 124 valence electrons. The molecular formula is C18H23ClN2O2. The average Bonchev–Trinajstić information content (AvgIpc) is 3.09. The fourth-order valence-electron chi connectivity index (χ4n) is 3.54. The number of hydrogen-bond acceptors (Lipinski definition) is 2. The van der Waals surface area contributed by atoms with Crippen LogP contribution in [-0.4, -0.2) is 47.8 Å². The Morgan fingerprint density at radius 3 is 2.35 bits per heavy atom. The second-order valence-corrected chi connectivity index (χ2v) is 6.93. The van der Waals surface area contributed by atoms with E-state index in [9.17, 15) is 9.59 Å². The quantitative estimate of drug-likeness (QED) is 0.852. The average molecular weight is 335 g/mol. The van der Waals surface area contributed by atoms with Gasteiger partial charge in [0.15, 0.2) is 0 Å². The largest absolute Gasteiger partial charge is 0.339 e. The maximum atomic E-state index is 12.4. The molecule has 1 aliphatic carbocycles. The maximum Gasteiger partial charge on any atom is 0.227 e. The lowest BCUT2D eigenvalue weighted by atomic mass is 10.1. The van der Waals surface area contributed by atoms with Gasteiger partial charge in [-0.25, -0.2) is 0 Å². The normalized spacial score (nSPS) is 19.2. The smallest absolute Gasteiger partial charge is 0.227 e. The lowest BCUT2D eigenvalue weighted by Gasteiger charge is -2.36. The van der Waals surface area contributed by atoms with E-state index < -0.39 is 0 Å². The van der Waals surface area contributed by atoms with Crippen LogP contribution in [0.5, 0.6) is 0 Å². The monoisotopic (exact) mass is 334 g/mol. The first-order chi connectivity index (χ1) is 11.1. The fourth-order valence-corrected chi connectivity index (χ4v) is 3.75. The van der Waals surface area contributed by atoms with Crippen molar-refractivity contribution in [3.8, 4) is 0 Å². The van der Waals surface area contributed by atoms with Gasteiger partial charge in [-0.1, -0.05) is 36.6 Å². The van der Waals surface area contributed by atoms with E-state index in [0.717, 1.165) is 18.4 Å².